The molecular formula is C11H11N3O3S. The first-order valence-electron chi connectivity index (χ1n) is 5.16. The maximum atomic E-state index is 10.8. The normalized spacial score (nSPS) is 10.5. The van der Waals surface area contributed by atoms with Crippen molar-refractivity contribution in [1.29, 1.82) is 0 Å². The van der Waals surface area contributed by atoms with Gasteiger partial charge in [-0.3, -0.25) is 14.8 Å². The van der Waals surface area contributed by atoms with Gasteiger partial charge in [-0.2, -0.15) is 0 Å². The van der Waals surface area contributed by atoms with Crippen LogP contribution in [-0.4, -0.2) is 33.1 Å². The Morgan fingerprint density at radius 2 is 2.33 bits per heavy atom. The van der Waals surface area contributed by atoms with Gasteiger partial charge in [-0.1, -0.05) is 0 Å². The molecule has 0 fully saturated rings. The summed E-state index contributed by atoms with van der Waals surface area (Å²) in [6, 6.07) is 0. The second kappa shape index (κ2) is 5.65. The number of hydrogen-bond acceptors (Lipinski definition) is 6. The Balaban J connectivity index is 2.35. The smallest absolute Gasteiger partial charge is 0.308 e. The SMILES string of the molecule is COCc1nc(-c2cnccn2)sc1CC(=O)O. The molecule has 0 saturated heterocycles. The highest BCUT2D eigenvalue weighted by Crippen LogP contribution is 2.27. The molecule has 0 radical (unpaired) electrons. The van der Waals surface area contributed by atoms with Crippen LogP contribution in [-0.2, 0) is 22.6 Å². The van der Waals surface area contributed by atoms with E-state index in [2.05, 4.69) is 15.0 Å². The summed E-state index contributed by atoms with van der Waals surface area (Å²) in [6.45, 7) is 0.291. The number of ether oxygens (including phenoxy) is 1. The van der Waals surface area contributed by atoms with Crippen molar-refractivity contribution >= 4 is 17.3 Å². The van der Waals surface area contributed by atoms with Crippen molar-refractivity contribution in [2.45, 2.75) is 13.0 Å². The number of methoxy groups -OCH3 is 1. The van der Waals surface area contributed by atoms with E-state index < -0.39 is 5.97 Å². The zero-order valence-corrected chi connectivity index (χ0v) is 10.5. The summed E-state index contributed by atoms with van der Waals surface area (Å²) in [5.74, 6) is -0.887. The van der Waals surface area contributed by atoms with Crippen LogP contribution in [0.15, 0.2) is 18.6 Å². The molecule has 0 saturated carbocycles. The van der Waals surface area contributed by atoms with Crippen LogP contribution in [0, 0.1) is 0 Å². The molecular weight excluding hydrogens is 254 g/mol. The average molecular weight is 265 g/mol. The van der Waals surface area contributed by atoms with E-state index in [0.29, 0.717) is 27.9 Å². The van der Waals surface area contributed by atoms with Crippen LogP contribution < -0.4 is 0 Å². The number of aliphatic carboxylic acids is 1. The Labute approximate surface area is 107 Å². The largest absolute Gasteiger partial charge is 0.481 e. The van der Waals surface area contributed by atoms with Crippen LogP contribution in [0.1, 0.15) is 10.6 Å². The maximum absolute atomic E-state index is 10.8. The second-order valence-corrected chi connectivity index (χ2v) is 4.57. The van der Waals surface area contributed by atoms with E-state index >= 15 is 0 Å². The molecule has 18 heavy (non-hydrogen) atoms. The average Bonchev–Trinajstić information content (AvgIpc) is 2.73. The molecule has 0 spiro atoms. The molecule has 2 heterocycles. The van der Waals surface area contributed by atoms with Gasteiger partial charge in [0.05, 0.1) is 24.9 Å². The van der Waals surface area contributed by atoms with E-state index in [1.54, 1.807) is 25.7 Å². The van der Waals surface area contributed by atoms with E-state index in [1.165, 1.54) is 11.3 Å². The molecule has 0 aliphatic rings. The highest BCUT2D eigenvalue weighted by atomic mass is 32.1. The zero-order valence-electron chi connectivity index (χ0n) is 9.66. The van der Waals surface area contributed by atoms with Crippen molar-refractivity contribution in [2.24, 2.45) is 0 Å². The van der Waals surface area contributed by atoms with Gasteiger partial charge in [0.1, 0.15) is 10.7 Å². The standard InChI is InChI=1S/C11H11N3O3S/c1-17-6-8-9(4-10(15)16)18-11(14-8)7-5-12-2-3-13-7/h2-3,5H,4,6H2,1H3,(H,15,16). The van der Waals surface area contributed by atoms with Gasteiger partial charge in [0.2, 0.25) is 0 Å². The molecule has 0 bridgehead atoms. The van der Waals surface area contributed by atoms with Gasteiger partial charge in [0, 0.05) is 24.4 Å². The Morgan fingerprint density at radius 3 is 2.94 bits per heavy atom. The molecule has 2 aromatic rings. The van der Waals surface area contributed by atoms with Crippen LogP contribution in [0.3, 0.4) is 0 Å². The van der Waals surface area contributed by atoms with Gasteiger partial charge in [0.15, 0.2) is 0 Å². The highest BCUT2D eigenvalue weighted by molar-refractivity contribution is 7.15. The molecule has 0 aromatic carbocycles. The number of hydrogen-bond donors (Lipinski definition) is 1. The van der Waals surface area contributed by atoms with Crippen molar-refractivity contribution in [3.63, 3.8) is 0 Å². The van der Waals surface area contributed by atoms with Gasteiger partial charge < -0.3 is 9.84 Å². The molecule has 2 aromatic heterocycles. The van der Waals surface area contributed by atoms with E-state index in [-0.39, 0.29) is 6.42 Å². The van der Waals surface area contributed by atoms with Crippen LogP contribution in [0.5, 0.6) is 0 Å². The summed E-state index contributed by atoms with van der Waals surface area (Å²) in [4.78, 5) is 23.9. The number of thiazole rings is 1. The molecule has 0 unspecified atom stereocenters. The van der Waals surface area contributed by atoms with E-state index in [4.69, 9.17) is 9.84 Å². The van der Waals surface area contributed by atoms with Crippen LogP contribution in [0.4, 0.5) is 0 Å². The first-order valence-corrected chi connectivity index (χ1v) is 5.98. The lowest BCUT2D eigenvalue weighted by molar-refractivity contribution is -0.136. The molecule has 1 N–H and O–H groups in total. The van der Waals surface area contributed by atoms with Gasteiger partial charge in [-0.15, -0.1) is 11.3 Å². The Morgan fingerprint density at radius 1 is 1.50 bits per heavy atom. The number of aromatic nitrogens is 3. The third kappa shape index (κ3) is 2.88. The van der Waals surface area contributed by atoms with Gasteiger partial charge in [-0.25, -0.2) is 4.98 Å². The molecule has 0 aliphatic carbocycles. The van der Waals surface area contributed by atoms with Gasteiger partial charge in [0.25, 0.3) is 0 Å². The maximum Gasteiger partial charge on any atom is 0.308 e. The minimum atomic E-state index is -0.887. The van der Waals surface area contributed by atoms with Crippen molar-refractivity contribution in [3.8, 4) is 10.7 Å². The summed E-state index contributed by atoms with van der Waals surface area (Å²) >= 11 is 1.31. The first kappa shape index (κ1) is 12.6. The van der Waals surface area contributed by atoms with Crippen LogP contribution >= 0.6 is 11.3 Å². The summed E-state index contributed by atoms with van der Waals surface area (Å²) < 4.78 is 5.01. The molecule has 94 valence electrons. The third-order valence-electron chi connectivity index (χ3n) is 2.15. The summed E-state index contributed by atoms with van der Waals surface area (Å²) in [7, 11) is 1.55. The fourth-order valence-electron chi connectivity index (χ4n) is 1.43. The predicted octanol–water partition coefficient (Wildman–Crippen LogP) is 1.37. The number of carboxylic acid groups (broad SMARTS) is 1. The molecule has 6 nitrogen and oxygen atoms in total. The highest BCUT2D eigenvalue weighted by Gasteiger charge is 2.15. The lowest BCUT2D eigenvalue weighted by atomic mass is 10.3. The lowest BCUT2D eigenvalue weighted by Gasteiger charge is -1.96. The minimum Gasteiger partial charge on any atom is -0.481 e. The molecule has 2 rings (SSSR count). The second-order valence-electron chi connectivity index (χ2n) is 3.48. The minimum absolute atomic E-state index is 0.0589. The zero-order chi connectivity index (χ0) is 13.0. The molecule has 0 atom stereocenters. The topological polar surface area (TPSA) is 85.2 Å². The Bertz CT molecular complexity index is 542. The first-order chi connectivity index (χ1) is 8.70. The third-order valence-corrected chi connectivity index (χ3v) is 3.27. The van der Waals surface area contributed by atoms with E-state index in [9.17, 15) is 4.79 Å². The summed E-state index contributed by atoms with van der Waals surface area (Å²) in [6.07, 6.45) is 4.69. The van der Waals surface area contributed by atoms with Crippen LogP contribution in [0.25, 0.3) is 10.7 Å². The number of carbonyl (C=O) groups is 1. The summed E-state index contributed by atoms with van der Waals surface area (Å²) in [5, 5.41) is 9.51. The van der Waals surface area contributed by atoms with Gasteiger partial charge in [-0.05, 0) is 0 Å². The van der Waals surface area contributed by atoms with Crippen molar-refractivity contribution < 1.29 is 14.6 Å². The van der Waals surface area contributed by atoms with Crippen molar-refractivity contribution in [1.82, 2.24) is 15.0 Å². The molecule has 0 aliphatic heterocycles. The quantitative estimate of drug-likeness (QED) is 0.879. The fraction of sp³-hybridized carbons (Fsp3) is 0.273. The molecule has 7 heteroatoms. The van der Waals surface area contributed by atoms with E-state index in [1.807, 2.05) is 0 Å². The number of carboxylic acids is 1. The van der Waals surface area contributed by atoms with Crippen molar-refractivity contribution in [3.05, 3.63) is 29.2 Å². The van der Waals surface area contributed by atoms with E-state index in [0.717, 1.165) is 0 Å². The van der Waals surface area contributed by atoms with Crippen LogP contribution in [0.2, 0.25) is 0 Å². The Hall–Kier alpha value is -1.86. The fourth-order valence-corrected chi connectivity index (χ4v) is 2.44. The van der Waals surface area contributed by atoms with Gasteiger partial charge >= 0.3 is 5.97 Å². The monoisotopic (exact) mass is 265 g/mol. The van der Waals surface area contributed by atoms with Crippen molar-refractivity contribution in [2.75, 3.05) is 7.11 Å². The summed E-state index contributed by atoms with van der Waals surface area (Å²) in [5.41, 5.74) is 1.28. The Kier molecular flexibility index (Phi) is 3.96. The predicted molar refractivity (Wildman–Crippen MR) is 65.2 cm³/mol. The number of nitrogens with zero attached hydrogens (tertiary/aromatic N) is 3. The lowest BCUT2D eigenvalue weighted by Crippen LogP contribution is -2.01. The molecule has 0 amide bonds. The number of rotatable bonds is 5.